The van der Waals surface area contributed by atoms with Gasteiger partial charge in [-0.3, -0.25) is 14.5 Å². The molecule has 4 heterocycles. The fourth-order valence-electron chi connectivity index (χ4n) is 5.13. The molecule has 0 bridgehead atoms. The fraction of sp³-hybridized carbons (Fsp3) is 0.444. The number of aromatic amines is 1. The van der Waals surface area contributed by atoms with E-state index in [1.165, 1.54) is 0 Å². The zero-order valence-electron chi connectivity index (χ0n) is 21.0. The Hall–Kier alpha value is -3.59. The molecule has 1 aromatic carbocycles. The number of nitrogens with one attached hydrogen (secondary N) is 3. The highest BCUT2D eigenvalue weighted by molar-refractivity contribution is 5.98. The molecule has 9 heteroatoms. The molecule has 2 aliphatic heterocycles. The van der Waals surface area contributed by atoms with E-state index in [1.807, 2.05) is 26.0 Å². The summed E-state index contributed by atoms with van der Waals surface area (Å²) in [5, 5.41) is 7.21. The molecule has 0 spiro atoms. The molecular weight excluding hydrogens is 456 g/mol. The Morgan fingerprint density at radius 2 is 2.00 bits per heavy atom. The van der Waals surface area contributed by atoms with Crippen LogP contribution in [0.2, 0.25) is 0 Å². The lowest BCUT2D eigenvalue weighted by molar-refractivity contribution is 0.0955. The molecule has 36 heavy (non-hydrogen) atoms. The molecule has 190 valence electrons. The average molecular weight is 491 g/mol. The van der Waals surface area contributed by atoms with Crippen molar-refractivity contribution < 1.29 is 9.53 Å². The van der Waals surface area contributed by atoms with Crippen LogP contribution in [0.15, 0.2) is 35.3 Å². The zero-order chi connectivity index (χ0) is 25.1. The van der Waals surface area contributed by atoms with E-state index in [0.29, 0.717) is 18.7 Å². The maximum atomic E-state index is 12.7. The predicted octanol–water partition coefficient (Wildman–Crippen LogP) is 2.75. The number of pyridine rings is 2. The second kappa shape index (κ2) is 10.6. The number of aromatic nitrogens is 2. The van der Waals surface area contributed by atoms with Crippen LogP contribution in [0.5, 0.6) is 5.75 Å². The third-order valence-corrected chi connectivity index (χ3v) is 6.89. The van der Waals surface area contributed by atoms with Crippen LogP contribution in [0.25, 0.3) is 10.9 Å². The van der Waals surface area contributed by atoms with E-state index in [1.54, 1.807) is 6.20 Å². The lowest BCUT2D eigenvalue weighted by Gasteiger charge is -2.35. The fourth-order valence-corrected chi connectivity index (χ4v) is 5.13. The number of nitrogens with zero attached hydrogens (tertiary/aromatic N) is 3. The molecule has 0 unspecified atom stereocenters. The number of amides is 1. The molecular formula is C27H34N6O3. The number of ether oxygens (including phenoxy) is 1. The van der Waals surface area contributed by atoms with E-state index >= 15 is 0 Å². The van der Waals surface area contributed by atoms with Crippen LogP contribution in [0.4, 0.5) is 11.5 Å². The summed E-state index contributed by atoms with van der Waals surface area (Å²) < 4.78 is 6.05. The first-order valence-electron chi connectivity index (χ1n) is 12.9. The minimum absolute atomic E-state index is 0.0105. The van der Waals surface area contributed by atoms with E-state index in [-0.39, 0.29) is 11.5 Å². The number of anilines is 2. The number of rotatable bonds is 7. The molecule has 5 rings (SSSR count). The van der Waals surface area contributed by atoms with Gasteiger partial charge in [0.25, 0.3) is 11.5 Å². The Kier molecular flexibility index (Phi) is 7.09. The van der Waals surface area contributed by atoms with Crippen LogP contribution in [0.1, 0.15) is 41.8 Å². The number of piperazine rings is 1. The molecule has 0 aliphatic carbocycles. The van der Waals surface area contributed by atoms with E-state index in [0.717, 1.165) is 91.4 Å². The van der Waals surface area contributed by atoms with Crippen molar-refractivity contribution in [2.45, 2.75) is 33.2 Å². The molecule has 9 nitrogen and oxygen atoms in total. The molecule has 2 aliphatic rings. The molecule has 2 aromatic heterocycles. The van der Waals surface area contributed by atoms with Gasteiger partial charge in [0.15, 0.2) is 0 Å². The van der Waals surface area contributed by atoms with Crippen molar-refractivity contribution in [1.29, 1.82) is 0 Å². The van der Waals surface area contributed by atoms with Gasteiger partial charge >= 0.3 is 0 Å². The topological polar surface area (TPSA) is 103 Å². The molecule has 0 radical (unpaired) electrons. The van der Waals surface area contributed by atoms with Gasteiger partial charge in [-0.2, -0.15) is 0 Å². The summed E-state index contributed by atoms with van der Waals surface area (Å²) in [6.07, 6.45) is 3.39. The summed E-state index contributed by atoms with van der Waals surface area (Å²) in [5.74, 6) is 1.62. The van der Waals surface area contributed by atoms with Crippen molar-refractivity contribution in [3.8, 4) is 5.75 Å². The lowest BCUT2D eigenvalue weighted by atomic mass is 9.99. The minimum atomic E-state index is -0.0965. The first-order chi connectivity index (χ1) is 17.6. The number of hydrogen-bond donors (Lipinski definition) is 3. The van der Waals surface area contributed by atoms with Crippen LogP contribution in [-0.4, -0.2) is 66.7 Å². The summed E-state index contributed by atoms with van der Waals surface area (Å²) in [6.45, 7) is 10.2. The van der Waals surface area contributed by atoms with E-state index in [4.69, 9.17) is 4.74 Å². The van der Waals surface area contributed by atoms with Gasteiger partial charge < -0.3 is 25.3 Å². The van der Waals surface area contributed by atoms with Crippen molar-refractivity contribution >= 4 is 28.3 Å². The SMILES string of the molecule is CCNC(=O)c1ccc(N2CCN(Cc3cc(OCC)c4c5c(c(=O)[nH]c4c3)CCCN5)CC2)nc1. The Morgan fingerprint density at radius 3 is 2.72 bits per heavy atom. The zero-order valence-corrected chi connectivity index (χ0v) is 21.0. The highest BCUT2D eigenvalue weighted by Crippen LogP contribution is 2.36. The summed E-state index contributed by atoms with van der Waals surface area (Å²) in [6, 6.07) is 7.96. The molecule has 1 amide bonds. The summed E-state index contributed by atoms with van der Waals surface area (Å²) in [5.41, 5.74) is 4.26. The summed E-state index contributed by atoms with van der Waals surface area (Å²) >= 11 is 0. The number of fused-ring (bicyclic) bond motifs is 3. The highest BCUT2D eigenvalue weighted by atomic mass is 16.5. The second-order valence-electron chi connectivity index (χ2n) is 9.32. The van der Waals surface area contributed by atoms with E-state index in [2.05, 4.69) is 42.5 Å². The maximum absolute atomic E-state index is 12.7. The number of benzene rings is 1. The van der Waals surface area contributed by atoms with Crippen LogP contribution in [-0.2, 0) is 13.0 Å². The smallest absolute Gasteiger partial charge is 0.253 e. The molecule has 1 saturated heterocycles. The van der Waals surface area contributed by atoms with Gasteiger partial charge in [-0.15, -0.1) is 0 Å². The molecule has 3 N–H and O–H groups in total. The van der Waals surface area contributed by atoms with Gasteiger partial charge in [0.1, 0.15) is 11.6 Å². The van der Waals surface area contributed by atoms with Crippen molar-refractivity contribution in [2.75, 3.05) is 56.1 Å². The number of carbonyl (C=O) groups excluding carboxylic acids is 1. The van der Waals surface area contributed by atoms with E-state index < -0.39 is 0 Å². The maximum Gasteiger partial charge on any atom is 0.253 e. The monoisotopic (exact) mass is 490 g/mol. The number of carbonyl (C=O) groups is 1. The van der Waals surface area contributed by atoms with Crippen LogP contribution >= 0.6 is 0 Å². The number of H-pyrrole nitrogens is 1. The Balaban J connectivity index is 1.30. The van der Waals surface area contributed by atoms with Gasteiger partial charge in [-0.05, 0) is 56.5 Å². The van der Waals surface area contributed by atoms with Crippen LogP contribution in [0.3, 0.4) is 0 Å². The van der Waals surface area contributed by atoms with Crippen molar-refractivity contribution in [1.82, 2.24) is 20.2 Å². The molecule has 3 aromatic rings. The highest BCUT2D eigenvalue weighted by Gasteiger charge is 2.22. The van der Waals surface area contributed by atoms with Crippen LogP contribution < -0.4 is 25.8 Å². The third kappa shape index (κ3) is 4.88. The normalized spacial score (nSPS) is 15.9. The Bertz CT molecular complexity index is 1300. The van der Waals surface area contributed by atoms with Crippen molar-refractivity contribution in [2.24, 2.45) is 0 Å². The lowest BCUT2D eigenvalue weighted by Crippen LogP contribution is -2.46. The first kappa shape index (κ1) is 24.1. The molecule has 0 atom stereocenters. The van der Waals surface area contributed by atoms with Crippen molar-refractivity contribution in [3.05, 3.63) is 57.5 Å². The summed E-state index contributed by atoms with van der Waals surface area (Å²) in [4.78, 5) is 37.0. The minimum Gasteiger partial charge on any atom is -0.493 e. The molecule has 0 saturated carbocycles. The van der Waals surface area contributed by atoms with Gasteiger partial charge in [-0.1, -0.05) is 0 Å². The standard InChI is InChI=1S/C27H34N6O3/c1-3-28-26(34)19-7-8-23(30-16-19)33-12-10-32(11-13-33)17-18-14-21-24(22(15-18)36-4-2)25-20(27(35)31-21)6-5-9-29-25/h7-8,14-16,29H,3-6,9-13,17H2,1-2H3,(H,28,34)(H,31,35). The predicted molar refractivity (Wildman–Crippen MR) is 142 cm³/mol. The quantitative estimate of drug-likeness (QED) is 0.468. The molecule has 1 fully saturated rings. The van der Waals surface area contributed by atoms with Gasteiger partial charge in [-0.25, -0.2) is 4.98 Å². The van der Waals surface area contributed by atoms with Gasteiger partial charge in [0.05, 0.1) is 28.8 Å². The Morgan fingerprint density at radius 1 is 1.17 bits per heavy atom. The summed E-state index contributed by atoms with van der Waals surface area (Å²) in [7, 11) is 0. The van der Waals surface area contributed by atoms with Gasteiger partial charge in [0, 0.05) is 57.6 Å². The largest absolute Gasteiger partial charge is 0.493 e. The first-order valence-corrected chi connectivity index (χ1v) is 12.9. The van der Waals surface area contributed by atoms with E-state index in [9.17, 15) is 9.59 Å². The second-order valence-corrected chi connectivity index (χ2v) is 9.32. The van der Waals surface area contributed by atoms with Crippen molar-refractivity contribution in [3.63, 3.8) is 0 Å². The van der Waals surface area contributed by atoms with Gasteiger partial charge in [0.2, 0.25) is 0 Å². The number of hydrogen-bond acceptors (Lipinski definition) is 7. The van der Waals surface area contributed by atoms with Crippen LogP contribution in [0, 0.1) is 0 Å². The average Bonchev–Trinajstić information content (AvgIpc) is 2.89. The Labute approximate surface area is 210 Å². The third-order valence-electron chi connectivity index (χ3n) is 6.89.